The Kier molecular flexibility index (Phi) is 6.03. The number of thiazole rings is 1. The van der Waals surface area contributed by atoms with E-state index in [4.69, 9.17) is 0 Å². The molecule has 1 atom stereocenters. The minimum absolute atomic E-state index is 0.112. The number of nitrogens with zero attached hydrogens (tertiary/aromatic N) is 3. The van der Waals surface area contributed by atoms with Gasteiger partial charge in [-0.25, -0.2) is 4.98 Å². The highest BCUT2D eigenvalue weighted by molar-refractivity contribution is 7.13. The van der Waals surface area contributed by atoms with Gasteiger partial charge in [-0.1, -0.05) is 6.92 Å². The third-order valence-electron chi connectivity index (χ3n) is 4.64. The summed E-state index contributed by atoms with van der Waals surface area (Å²) in [6.45, 7) is 8.11. The van der Waals surface area contributed by atoms with Crippen molar-refractivity contribution in [2.24, 2.45) is 0 Å². The number of carbonyl (C=O) groups is 1. The number of carbonyl (C=O) groups excluding carboxylic acids is 1. The molecule has 0 spiro atoms. The largest absolute Gasteiger partial charge is 0.331 e. The van der Waals surface area contributed by atoms with Crippen LogP contribution in [0.15, 0.2) is 23.0 Å². The summed E-state index contributed by atoms with van der Waals surface area (Å²) in [6, 6.07) is 2.32. The highest BCUT2D eigenvalue weighted by Gasteiger charge is 2.23. The van der Waals surface area contributed by atoms with E-state index >= 15 is 0 Å². The number of thiophene rings is 1. The van der Waals surface area contributed by atoms with Crippen LogP contribution < -0.4 is 0 Å². The number of amides is 1. The van der Waals surface area contributed by atoms with Gasteiger partial charge < -0.3 is 4.90 Å². The van der Waals surface area contributed by atoms with Crippen LogP contribution >= 0.6 is 22.7 Å². The maximum absolute atomic E-state index is 13.0. The average Bonchev–Trinajstić information content (AvgIpc) is 3.34. The molecule has 4 nitrogen and oxygen atoms in total. The summed E-state index contributed by atoms with van der Waals surface area (Å²) in [5.41, 5.74) is 1.20. The molecule has 1 saturated heterocycles. The lowest BCUT2D eigenvalue weighted by Gasteiger charge is -2.27. The Morgan fingerprint density at radius 1 is 1.42 bits per heavy atom. The van der Waals surface area contributed by atoms with Crippen molar-refractivity contribution >= 4 is 28.6 Å². The second kappa shape index (κ2) is 8.23. The van der Waals surface area contributed by atoms with Crippen LogP contribution in [0.2, 0.25) is 0 Å². The van der Waals surface area contributed by atoms with Gasteiger partial charge in [0, 0.05) is 12.6 Å². The van der Waals surface area contributed by atoms with Gasteiger partial charge in [0.15, 0.2) is 0 Å². The highest BCUT2D eigenvalue weighted by Crippen LogP contribution is 2.22. The molecule has 0 N–H and O–H groups in total. The first kappa shape index (κ1) is 17.6. The molecular weight excluding hydrogens is 338 g/mol. The number of hydrogen-bond donors (Lipinski definition) is 0. The fourth-order valence-corrected chi connectivity index (χ4v) is 4.56. The Morgan fingerprint density at radius 3 is 2.88 bits per heavy atom. The summed E-state index contributed by atoms with van der Waals surface area (Å²) in [4.78, 5) is 22.7. The maximum atomic E-state index is 13.0. The Balaban J connectivity index is 1.70. The van der Waals surface area contributed by atoms with Gasteiger partial charge in [-0.05, 0) is 61.7 Å². The van der Waals surface area contributed by atoms with E-state index in [0.29, 0.717) is 6.54 Å². The molecule has 1 aliphatic heterocycles. The molecule has 0 saturated carbocycles. The van der Waals surface area contributed by atoms with Crippen LogP contribution in [0.25, 0.3) is 0 Å². The summed E-state index contributed by atoms with van der Waals surface area (Å²) >= 11 is 3.23. The van der Waals surface area contributed by atoms with E-state index in [2.05, 4.69) is 40.6 Å². The molecule has 0 aliphatic carbocycles. The molecule has 3 rings (SSSR count). The van der Waals surface area contributed by atoms with E-state index in [1.54, 1.807) is 28.9 Å². The average molecular weight is 364 g/mol. The van der Waals surface area contributed by atoms with Gasteiger partial charge in [0.2, 0.25) is 0 Å². The summed E-state index contributed by atoms with van der Waals surface area (Å²) in [6.07, 6.45) is 5.27. The fraction of sp³-hybridized carbons (Fsp3) is 0.556. The number of aromatic nitrogens is 1. The van der Waals surface area contributed by atoms with Crippen LogP contribution in [-0.2, 0) is 13.1 Å². The molecule has 3 heterocycles. The first-order valence-corrected chi connectivity index (χ1v) is 10.4. The predicted octanol–water partition coefficient (Wildman–Crippen LogP) is 4.24. The van der Waals surface area contributed by atoms with Crippen molar-refractivity contribution in [1.29, 1.82) is 0 Å². The SMILES string of the molecule is CC[C@@H](C)N(Cc1ccsc1)C(=O)c1cnc(CN2CCCC2)s1. The Hall–Kier alpha value is -1.24. The van der Waals surface area contributed by atoms with E-state index in [9.17, 15) is 4.79 Å². The first-order chi connectivity index (χ1) is 11.7. The molecular formula is C18H25N3OS2. The second-order valence-corrected chi connectivity index (χ2v) is 8.32. The van der Waals surface area contributed by atoms with Crippen molar-refractivity contribution in [1.82, 2.24) is 14.8 Å². The maximum Gasteiger partial charge on any atom is 0.266 e. The third kappa shape index (κ3) is 4.23. The molecule has 2 aromatic rings. The summed E-state index contributed by atoms with van der Waals surface area (Å²) in [5, 5.41) is 5.24. The summed E-state index contributed by atoms with van der Waals surface area (Å²) < 4.78 is 0. The molecule has 1 aliphatic rings. The molecule has 1 amide bonds. The van der Waals surface area contributed by atoms with E-state index in [1.807, 2.05) is 4.90 Å². The lowest BCUT2D eigenvalue weighted by atomic mass is 10.2. The molecule has 130 valence electrons. The number of hydrogen-bond acceptors (Lipinski definition) is 5. The van der Waals surface area contributed by atoms with Crippen molar-refractivity contribution in [3.63, 3.8) is 0 Å². The van der Waals surface area contributed by atoms with Gasteiger partial charge in [0.25, 0.3) is 5.91 Å². The van der Waals surface area contributed by atoms with Crippen LogP contribution in [0.4, 0.5) is 0 Å². The van der Waals surface area contributed by atoms with Gasteiger partial charge in [-0.3, -0.25) is 9.69 Å². The predicted molar refractivity (Wildman–Crippen MR) is 101 cm³/mol. The van der Waals surface area contributed by atoms with Crippen LogP contribution in [0.3, 0.4) is 0 Å². The van der Waals surface area contributed by atoms with Gasteiger partial charge in [-0.15, -0.1) is 11.3 Å². The first-order valence-electron chi connectivity index (χ1n) is 8.66. The van der Waals surface area contributed by atoms with Gasteiger partial charge in [-0.2, -0.15) is 11.3 Å². The van der Waals surface area contributed by atoms with Crippen molar-refractivity contribution in [2.75, 3.05) is 13.1 Å². The molecule has 0 aromatic carbocycles. The standard InChI is InChI=1S/C18H25N3OS2/c1-3-14(2)21(11-15-6-9-23-13-15)18(22)16-10-19-17(24-16)12-20-7-4-5-8-20/h6,9-10,13-14H,3-5,7-8,11-12H2,1-2H3/t14-/m1/s1. The van der Waals surface area contributed by atoms with Crippen molar-refractivity contribution in [2.45, 2.75) is 52.2 Å². The third-order valence-corrected chi connectivity index (χ3v) is 6.34. The zero-order valence-electron chi connectivity index (χ0n) is 14.4. The quantitative estimate of drug-likeness (QED) is 0.738. The van der Waals surface area contributed by atoms with Crippen molar-refractivity contribution in [3.05, 3.63) is 38.5 Å². The van der Waals surface area contributed by atoms with E-state index in [0.717, 1.165) is 35.9 Å². The zero-order chi connectivity index (χ0) is 16.9. The van der Waals surface area contributed by atoms with Gasteiger partial charge in [0.05, 0.1) is 12.7 Å². The highest BCUT2D eigenvalue weighted by atomic mass is 32.1. The van der Waals surface area contributed by atoms with Crippen LogP contribution in [0.1, 0.15) is 53.4 Å². The van der Waals surface area contributed by atoms with Crippen LogP contribution in [-0.4, -0.2) is 39.8 Å². The van der Waals surface area contributed by atoms with Crippen molar-refractivity contribution in [3.8, 4) is 0 Å². The Bertz CT molecular complexity index is 647. The molecule has 0 bridgehead atoms. The normalized spacial score (nSPS) is 16.4. The Labute approximate surface area is 152 Å². The topological polar surface area (TPSA) is 36.4 Å². The van der Waals surface area contributed by atoms with E-state index < -0.39 is 0 Å². The van der Waals surface area contributed by atoms with Gasteiger partial charge in [0.1, 0.15) is 9.88 Å². The minimum Gasteiger partial charge on any atom is -0.331 e. The molecule has 6 heteroatoms. The molecule has 0 unspecified atom stereocenters. The van der Waals surface area contributed by atoms with Gasteiger partial charge >= 0.3 is 0 Å². The van der Waals surface area contributed by atoms with Crippen molar-refractivity contribution < 1.29 is 4.79 Å². The molecule has 1 fully saturated rings. The Morgan fingerprint density at radius 2 is 2.21 bits per heavy atom. The summed E-state index contributed by atoms with van der Waals surface area (Å²) in [7, 11) is 0. The lowest BCUT2D eigenvalue weighted by molar-refractivity contribution is 0.0676. The monoisotopic (exact) mass is 363 g/mol. The van der Waals surface area contributed by atoms with E-state index in [1.165, 1.54) is 18.4 Å². The zero-order valence-corrected chi connectivity index (χ0v) is 16.0. The van der Waals surface area contributed by atoms with Crippen LogP contribution in [0, 0.1) is 0 Å². The van der Waals surface area contributed by atoms with Crippen LogP contribution in [0.5, 0.6) is 0 Å². The number of rotatable bonds is 7. The molecule has 0 radical (unpaired) electrons. The molecule has 2 aromatic heterocycles. The minimum atomic E-state index is 0.112. The fourth-order valence-electron chi connectivity index (χ4n) is 2.98. The second-order valence-electron chi connectivity index (χ2n) is 6.42. The number of likely N-dealkylation sites (tertiary alicyclic amines) is 1. The lowest BCUT2D eigenvalue weighted by Crippen LogP contribution is -2.37. The van der Waals surface area contributed by atoms with E-state index in [-0.39, 0.29) is 11.9 Å². The molecule has 24 heavy (non-hydrogen) atoms. The summed E-state index contributed by atoms with van der Waals surface area (Å²) in [5.74, 6) is 0.112. The smallest absolute Gasteiger partial charge is 0.266 e.